The molecule has 0 aromatic heterocycles. The number of nitrogens with zero attached hydrogens (tertiary/aromatic N) is 1. The van der Waals surface area contributed by atoms with E-state index in [9.17, 15) is 17.6 Å². The van der Waals surface area contributed by atoms with E-state index in [1.165, 1.54) is 6.07 Å². The van der Waals surface area contributed by atoms with E-state index in [2.05, 4.69) is 4.90 Å². The molecule has 1 unspecified atom stereocenters. The van der Waals surface area contributed by atoms with E-state index in [-0.39, 0.29) is 12.6 Å². The highest BCUT2D eigenvalue weighted by Gasteiger charge is 2.35. The van der Waals surface area contributed by atoms with Crippen LogP contribution in [0.2, 0.25) is 0 Å². The standard InChI is InChI=1S/C13H16F4N2S/c14-11-2-1-9(7-10(11)13(15,16)17)12(8-18)19-3-5-20-6-4-19/h1-2,7,12H,3-6,8,18H2. The van der Waals surface area contributed by atoms with Gasteiger partial charge in [-0.15, -0.1) is 0 Å². The molecule has 0 aliphatic carbocycles. The second-order valence-electron chi connectivity index (χ2n) is 4.64. The van der Waals surface area contributed by atoms with Crippen molar-refractivity contribution in [3.8, 4) is 0 Å². The van der Waals surface area contributed by atoms with Crippen LogP contribution in [0, 0.1) is 5.82 Å². The van der Waals surface area contributed by atoms with Crippen molar-refractivity contribution in [2.24, 2.45) is 5.73 Å². The van der Waals surface area contributed by atoms with Crippen molar-refractivity contribution in [1.29, 1.82) is 0 Å². The van der Waals surface area contributed by atoms with E-state index in [0.29, 0.717) is 5.56 Å². The summed E-state index contributed by atoms with van der Waals surface area (Å²) >= 11 is 1.81. The van der Waals surface area contributed by atoms with Gasteiger partial charge in [0, 0.05) is 37.2 Å². The fourth-order valence-electron chi connectivity index (χ4n) is 2.35. The van der Waals surface area contributed by atoms with Gasteiger partial charge >= 0.3 is 6.18 Å². The summed E-state index contributed by atoms with van der Waals surface area (Å²) in [5, 5.41) is 0. The Hall–Kier alpha value is -0.790. The lowest BCUT2D eigenvalue weighted by Gasteiger charge is -2.34. The van der Waals surface area contributed by atoms with Crippen LogP contribution in [-0.2, 0) is 6.18 Å². The van der Waals surface area contributed by atoms with E-state index in [0.717, 1.165) is 36.7 Å². The summed E-state index contributed by atoms with van der Waals surface area (Å²) in [5.74, 6) is 0.624. The molecule has 1 atom stereocenters. The van der Waals surface area contributed by atoms with Gasteiger partial charge in [-0.1, -0.05) is 6.07 Å². The van der Waals surface area contributed by atoms with Gasteiger partial charge in [-0.3, -0.25) is 4.90 Å². The van der Waals surface area contributed by atoms with Crippen LogP contribution in [-0.4, -0.2) is 36.0 Å². The number of nitrogens with two attached hydrogens (primary N) is 1. The molecule has 0 saturated carbocycles. The van der Waals surface area contributed by atoms with E-state index in [4.69, 9.17) is 5.73 Å². The molecule has 2 N–H and O–H groups in total. The van der Waals surface area contributed by atoms with Crippen LogP contribution in [0.3, 0.4) is 0 Å². The third kappa shape index (κ3) is 3.45. The molecular weight excluding hydrogens is 292 g/mol. The number of hydrogen-bond acceptors (Lipinski definition) is 3. The van der Waals surface area contributed by atoms with Gasteiger partial charge in [-0.2, -0.15) is 24.9 Å². The minimum atomic E-state index is -4.68. The van der Waals surface area contributed by atoms with E-state index < -0.39 is 17.6 Å². The first-order valence-corrected chi connectivity index (χ1v) is 7.47. The molecule has 1 aliphatic heterocycles. The maximum Gasteiger partial charge on any atom is 0.419 e. The quantitative estimate of drug-likeness (QED) is 0.871. The molecule has 7 heteroatoms. The summed E-state index contributed by atoms with van der Waals surface area (Å²) in [5.41, 5.74) is 4.91. The first kappa shape index (κ1) is 15.6. The average molecular weight is 308 g/mol. The molecule has 1 heterocycles. The smallest absolute Gasteiger partial charge is 0.329 e. The van der Waals surface area contributed by atoms with Crippen LogP contribution in [0.1, 0.15) is 17.2 Å². The van der Waals surface area contributed by atoms with Crippen LogP contribution in [0.4, 0.5) is 17.6 Å². The van der Waals surface area contributed by atoms with Crippen molar-refractivity contribution in [3.05, 3.63) is 35.1 Å². The monoisotopic (exact) mass is 308 g/mol. The van der Waals surface area contributed by atoms with E-state index >= 15 is 0 Å². The van der Waals surface area contributed by atoms with Crippen LogP contribution in [0.15, 0.2) is 18.2 Å². The topological polar surface area (TPSA) is 29.3 Å². The summed E-state index contributed by atoms with van der Waals surface area (Å²) < 4.78 is 51.6. The summed E-state index contributed by atoms with van der Waals surface area (Å²) in [6, 6.07) is 2.86. The molecule has 1 aliphatic rings. The molecule has 1 aromatic carbocycles. The predicted molar refractivity (Wildman–Crippen MR) is 72.1 cm³/mol. The van der Waals surface area contributed by atoms with Gasteiger partial charge in [-0.25, -0.2) is 4.39 Å². The molecule has 2 nitrogen and oxygen atoms in total. The third-order valence-corrected chi connectivity index (χ3v) is 4.33. The molecule has 1 fully saturated rings. The first-order chi connectivity index (χ1) is 9.43. The number of hydrogen-bond donors (Lipinski definition) is 1. The van der Waals surface area contributed by atoms with Crippen molar-refractivity contribution in [3.63, 3.8) is 0 Å². The average Bonchev–Trinajstić information content (AvgIpc) is 2.41. The van der Waals surface area contributed by atoms with Gasteiger partial charge in [0.05, 0.1) is 5.56 Å². The van der Waals surface area contributed by atoms with Crippen molar-refractivity contribution in [2.75, 3.05) is 31.1 Å². The third-order valence-electron chi connectivity index (χ3n) is 3.39. The lowest BCUT2D eigenvalue weighted by atomic mass is 10.0. The highest BCUT2D eigenvalue weighted by molar-refractivity contribution is 7.99. The zero-order valence-corrected chi connectivity index (χ0v) is 11.6. The molecule has 0 spiro atoms. The minimum Gasteiger partial charge on any atom is -0.329 e. The van der Waals surface area contributed by atoms with Crippen LogP contribution in [0.25, 0.3) is 0 Å². The Morgan fingerprint density at radius 2 is 1.90 bits per heavy atom. The Morgan fingerprint density at radius 1 is 1.25 bits per heavy atom. The second kappa shape index (κ2) is 6.32. The van der Waals surface area contributed by atoms with Gasteiger partial charge < -0.3 is 5.73 Å². The van der Waals surface area contributed by atoms with Crippen molar-refractivity contribution < 1.29 is 17.6 Å². The molecule has 0 amide bonds. The Labute approximate surface area is 119 Å². The SMILES string of the molecule is NCC(c1ccc(F)c(C(F)(F)F)c1)N1CCSCC1. The fraction of sp³-hybridized carbons (Fsp3) is 0.538. The summed E-state index contributed by atoms with van der Waals surface area (Å²) in [6.45, 7) is 1.78. The van der Waals surface area contributed by atoms with E-state index in [1.54, 1.807) is 0 Å². The number of benzene rings is 1. The summed E-state index contributed by atoms with van der Waals surface area (Å²) in [7, 11) is 0. The Morgan fingerprint density at radius 3 is 2.45 bits per heavy atom. The molecule has 1 aromatic rings. The molecular formula is C13H16F4N2S. The molecule has 0 radical (unpaired) electrons. The Balaban J connectivity index is 2.30. The van der Waals surface area contributed by atoms with Gasteiger partial charge in [0.1, 0.15) is 5.82 Å². The zero-order valence-electron chi connectivity index (χ0n) is 10.8. The van der Waals surface area contributed by atoms with Crippen LogP contribution < -0.4 is 5.73 Å². The lowest BCUT2D eigenvalue weighted by Crippen LogP contribution is -2.39. The van der Waals surface area contributed by atoms with Gasteiger partial charge in [-0.05, 0) is 17.7 Å². The maximum absolute atomic E-state index is 13.3. The summed E-state index contributed by atoms with van der Waals surface area (Å²) in [6.07, 6.45) is -4.68. The summed E-state index contributed by atoms with van der Waals surface area (Å²) in [4.78, 5) is 2.06. The van der Waals surface area contributed by atoms with Gasteiger partial charge in [0.25, 0.3) is 0 Å². The van der Waals surface area contributed by atoms with Crippen LogP contribution >= 0.6 is 11.8 Å². The van der Waals surface area contributed by atoms with Crippen molar-refractivity contribution in [2.45, 2.75) is 12.2 Å². The van der Waals surface area contributed by atoms with E-state index in [1.807, 2.05) is 11.8 Å². The van der Waals surface area contributed by atoms with Crippen molar-refractivity contribution in [1.82, 2.24) is 4.90 Å². The zero-order chi connectivity index (χ0) is 14.8. The normalized spacial score (nSPS) is 19.1. The molecule has 112 valence electrons. The fourth-order valence-corrected chi connectivity index (χ4v) is 3.28. The Kier molecular flexibility index (Phi) is 4.93. The predicted octanol–water partition coefficient (Wildman–Crippen LogP) is 2.89. The van der Waals surface area contributed by atoms with Crippen LogP contribution in [0.5, 0.6) is 0 Å². The second-order valence-corrected chi connectivity index (χ2v) is 5.86. The van der Waals surface area contributed by atoms with Gasteiger partial charge in [0.15, 0.2) is 0 Å². The minimum absolute atomic E-state index is 0.216. The lowest BCUT2D eigenvalue weighted by molar-refractivity contribution is -0.140. The number of thioether (sulfide) groups is 1. The first-order valence-electron chi connectivity index (χ1n) is 6.32. The molecule has 0 bridgehead atoms. The maximum atomic E-state index is 13.3. The molecule has 1 saturated heterocycles. The highest BCUT2D eigenvalue weighted by atomic mass is 32.2. The number of halogens is 4. The number of alkyl halides is 3. The molecule has 2 rings (SSSR count). The molecule has 20 heavy (non-hydrogen) atoms. The largest absolute Gasteiger partial charge is 0.419 e. The van der Waals surface area contributed by atoms with Gasteiger partial charge in [0.2, 0.25) is 0 Å². The Bertz CT molecular complexity index is 458. The number of rotatable bonds is 3. The van der Waals surface area contributed by atoms with Crippen molar-refractivity contribution >= 4 is 11.8 Å². The highest BCUT2D eigenvalue weighted by Crippen LogP contribution is 2.34.